The number of hydrogen-bond donors (Lipinski definition) is 3. The van der Waals surface area contributed by atoms with E-state index in [0.29, 0.717) is 98.9 Å². The Labute approximate surface area is 584 Å². The minimum Gasteiger partial charge on any atom is -0.504 e. The number of phenolic OH excluding ortho intramolecular Hbond substituents is 1. The van der Waals surface area contributed by atoms with Gasteiger partial charge in [0.2, 0.25) is 17.7 Å². The number of aliphatic hydroxyl groups excluding tert-OH is 1. The molecule has 33 heteroatoms. The summed E-state index contributed by atoms with van der Waals surface area (Å²) in [6.07, 6.45) is 1.67. The van der Waals surface area contributed by atoms with Crippen LogP contribution in [0.4, 0.5) is 14.5 Å². The van der Waals surface area contributed by atoms with Crippen molar-refractivity contribution < 1.29 is 78.5 Å². The topological polar surface area (TPSA) is 331 Å². The first-order chi connectivity index (χ1) is 44.8. The molecule has 6 fully saturated rings. The van der Waals surface area contributed by atoms with Crippen molar-refractivity contribution in [3.8, 4) is 5.75 Å². The molecule has 2 atom stereocenters. The van der Waals surface area contributed by atoms with Crippen LogP contribution in [-0.2, 0) is 69.9 Å². The van der Waals surface area contributed by atoms with Gasteiger partial charge in [0.1, 0.15) is 48.5 Å². The fourth-order valence-corrected chi connectivity index (χ4v) is 22.9. The number of fused-ring (bicyclic) bond motifs is 3. The summed E-state index contributed by atoms with van der Waals surface area (Å²) in [5.41, 5.74) is 6.46. The van der Waals surface area contributed by atoms with E-state index in [0.717, 1.165) is 6.26 Å². The number of oxazole rings is 3. The molecule has 6 aliphatic rings. The number of aromatic hydroxyl groups is 1. The Morgan fingerprint density at radius 3 is 1.09 bits per heavy atom. The number of hydrogen-bond acceptors (Lipinski definition) is 22. The van der Waals surface area contributed by atoms with Gasteiger partial charge in [-0.15, -0.1) is 0 Å². The highest BCUT2D eigenvalue weighted by atomic mass is 35.5. The number of rotatable bonds is 12. The van der Waals surface area contributed by atoms with E-state index in [9.17, 15) is 61.1 Å². The smallest absolute Gasteiger partial charge is 0.264 e. The predicted molar refractivity (Wildman–Crippen MR) is 367 cm³/mol. The molecule has 0 bridgehead atoms. The molecule has 0 amide bonds. The van der Waals surface area contributed by atoms with E-state index in [2.05, 4.69) is 19.9 Å². The molecule has 0 spiro atoms. The average Bonchev–Trinajstić information content (AvgIpc) is 1.70. The van der Waals surface area contributed by atoms with Crippen LogP contribution in [0, 0.1) is 0 Å². The van der Waals surface area contributed by atoms with Crippen molar-refractivity contribution in [3.63, 3.8) is 0 Å². The molecule has 7 aromatic rings. The number of sulfone groups is 4. The van der Waals surface area contributed by atoms with Gasteiger partial charge in [-0.1, -0.05) is 109 Å². The summed E-state index contributed by atoms with van der Waals surface area (Å²) in [4.78, 5) is 16.9. The highest BCUT2D eigenvalue weighted by Gasteiger charge is 2.49. The third-order valence-electron chi connectivity index (χ3n) is 18.3. The van der Waals surface area contributed by atoms with E-state index in [4.69, 9.17) is 69.6 Å². The first kappa shape index (κ1) is 75.2. The summed E-state index contributed by atoms with van der Waals surface area (Å²) in [7, 11) is -18.5. The van der Waals surface area contributed by atoms with Crippen LogP contribution < -0.4 is 5.73 Å². The van der Waals surface area contributed by atoms with Gasteiger partial charge >= 0.3 is 0 Å². The zero-order chi connectivity index (χ0) is 71.4. The van der Waals surface area contributed by atoms with Crippen molar-refractivity contribution >= 4 is 135 Å². The number of nitrogen functional groups attached to an aromatic ring is 1. The Balaban J connectivity index is 0.000000141. The molecule has 4 saturated carbocycles. The molecule has 534 valence electrons. The number of anilines is 1. The highest BCUT2D eigenvalue weighted by Crippen LogP contribution is 2.47. The summed E-state index contributed by atoms with van der Waals surface area (Å²) in [6.45, 7) is 19.6. The molecule has 4 aromatic carbocycles. The second-order valence-corrected chi connectivity index (χ2v) is 40.9. The lowest BCUT2D eigenvalue weighted by Gasteiger charge is -2.40. The van der Waals surface area contributed by atoms with Crippen molar-refractivity contribution in [2.75, 3.05) is 38.2 Å². The molecule has 13 rings (SSSR count). The molecule has 4 N–H and O–H groups in total. The average molecular weight is 1530 g/mol. The van der Waals surface area contributed by atoms with Crippen LogP contribution in [-0.4, -0.2) is 167 Å². The quantitative estimate of drug-likeness (QED) is 0.0581. The maximum absolute atomic E-state index is 13.4. The van der Waals surface area contributed by atoms with Gasteiger partial charge in [0.15, 0.2) is 61.8 Å². The van der Waals surface area contributed by atoms with Crippen molar-refractivity contribution in [3.05, 3.63) is 86.3 Å². The number of nitrogens with zero attached hydrogens (tertiary/aromatic N) is 5. The standard InChI is InChI=1S/C19H24ClFN2O3S.C16H20ClNO6S2.C15H18ClNO4S.C14H18ClFN2O3S/c1-19(2,3)18-22-15-5-4-14(20)17(16(15)26-18)27(24,25)13-8-12(9-13)23-7-6-11(21)10-23;1-16(2,3)15-18-12-6-5-11(17)14(13(12)23-15)26(21,22)10-7-9(8-10)24-25(4,19)20;1-15(2,3)14-17-11-5-4-10(16)13(12(11)21-14)22(19,20)9-6-8(18)7-9;15-11-1-2-12(17)13(19)14(11)22(20,21)10-5-9(6-10)18-4-3-8(16)7-18/h4-5,11-13H,6-10H2,1-3H3;5-6,9-10H,7-8H2,1-4H3;4-5,8-9,18H,6-7H2,1-3H3;1-2,8-10,19H,3-7,17H2/t11-,12?,13?;;;8-,9?,10?/m1..1/s1. The summed E-state index contributed by atoms with van der Waals surface area (Å²) >= 11 is 24.6. The normalized spacial score (nSPS) is 25.2. The van der Waals surface area contributed by atoms with Gasteiger partial charge in [-0.3, -0.25) is 14.0 Å². The van der Waals surface area contributed by atoms with E-state index in [1.54, 1.807) is 24.3 Å². The lowest BCUT2D eigenvalue weighted by molar-refractivity contribution is 0.0977. The molecule has 2 saturated heterocycles. The van der Waals surface area contributed by atoms with E-state index in [-0.39, 0.29) is 111 Å². The Hall–Kier alpha value is -4.50. The van der Waals surface area contributed by atoms with E-state index >= 15 is 0 Å². The molecule has 5 heterocycles. The number of halogens is 6. The maximum atomic E-state index is 13.4. The fourth-order valence-electron chi connectivity index (χ4n) is 12.3. The molecular weight excluding hydrogens is 1450 g/mol. The number of nitrogens with two attached hydrogens (primary N) is 1. The highest BCUT2D eigenvalue weighted by molar-refractivity contribution is 7.93. The third-order valence-corrected chi connectivity index (χ3v) is 29.5. The largest absolute Gasteiger partial charge is 0.504 e. The summed E-state index contributed by atoms with van der Waals surface area (Å²) in [5.74, 6) is 0.877. The number of alkyl halides is 2. The molecule has 4 aliphatic carbocycles. The van der Waals surface area contributed by atoms with E-state index in [1.807, 2.05) is 67.2 Å². The zero-order valence-electron chi connectivity index (χ0n) is 55.0. The molecule has 22 nitrogen and oxygen atoms in total. The van der Waals surface area contributed by atoms with Crippen LogP contribution in [0.15, 0.2) is 81.4 Å². The predicted octanol–water partition coefficient (Wildman–Crippen LogP) is 12.2. The van der Waals surface area contributed by atoms with Crippen LogP contribution in [0.3, 0.4) is 0 Å². The van der Waals surface area contributed by atoms with Crippen molar-refractivity contribution in [1.29, 1.82) is 0 Å². The monoisotopic (exact) mass is 1530 g/mol. The van der Waals surface area contributed by atoms with Gasteiger partial charge in [-0.05, 0) is 113 Å². The SMILES string of the molecule is CC(C)(C)c1nc2ccc(Cl)c(S(=O)(=O)C3CC(N4CC[C@@H](F)C4)C3)c2o1.CC(C)(C)c1nc2ccc(Cl)c(S(=O)(=O)C3CC(O)C3)c2o1.CC(C)(C)c1nc2ccc(Cl)c(S(=O)(=O)C3CC(OS(C)(=O)=O)C3)c2o1.Nc1ccc(Cl)c(S(=O)(=O)C2CC(N3CC[C@@H](F)C3)C2)c1O. The first-order valence-electron chi connectivity index (χ1n) is 31.6. The summed E-state index contributed by atoms with van der Waals surface area (Å²) < 4.78 is 175. The number of aliphatic hydroxyl groups is 1. The first-order valence-corrected chi connectivity index (χ1v) is 41.1. The number of aromatic nitrogens is 3. The second-order valence-electron chi connectivity index (χ2n) is 29.0. The Morgan fingerprint density at radius 2 is 0.794 bits per heavy atom. The van der Waals surface area contributed by atoms with Crippen molar-refractivity contribution in [2.45, 2.75) is 220 Å². The van der Waals surface area contributed by atoms with Gasteiger partial charge < -0.3 is 29.2 Å². The maximum Gasteiger partial charge on any atom is 0.264 e. The van der Waals surface area contributed by atoms with Crippen LogP contribution in [0.1, 0.15) is 144 Å². The second kappa shape index (κ2) is 27.4. The zero-order valence-corrected chi connectivity index (χ0v) is 62.1. The van der Waals surface area contributed by atoms with Crippen LogP contribution in [0.25, 0.3) is 33.3 Å². The molecule has 0 radical (unpaired) electrons. The van der Waals surface area contributed by atoms with Gasteiger partial charge in [-0.25, -0.2) is 57.4 Å². The van der Waals surface area contributed by atoms with Gasteiger partial charge in [0.25, 0.3) is 10.1 Å². The molecule has 0 unspecified atom stereocenters. The Morgan fingerprint density at radius 1 is 0.495 bits per heavy atom. The lowest BCUT2D eigenvalue weighted by Crippen LogP contribution is -2.49. The minimum absolute atomic E-state index is 0.00781. The Kier molecular flexibility index (Phi) is 21.2. The van der Waals surface area contributed by atoms with Crippen LogP contribution in [0.2, 0.25) is 20.1 Å². The molecule has 2 aliphatic heterocycles. The fraction of sp³-hybridized carbons (Fsp3) is 0.578. The van der Waals surface area contributed by atoms with Crippen molar-refractivity contribution in [1.82, 2.24) is 24.8 Å². The summed E-state index contributed by atoms with van der Waals surface area (Å²) in [5, 5.41) is 17.1. The van der Waals surface area contributed by atoms with Crippen molar-refractivity contribution in [2.24, 2.45) is 0 Å². The van der Waals surface area contributed by atoms with E-state index < -0.39 is 106 Å². The van der Waals surface area contributed by atoms with Crippen LogP contribution >= 0.6 is 46.4 Å². The molecular formula is C64H80Cl4F2N6O16S5. The Bertz CT molecular complexity index is 4740. The summed E-state index contributed by atoms with van der Waals surface area (Å²) in [6, 6.07) is 12.5. The van der Waals surface area contributed by atoms with Gasteiger partial charge in [-0.2, -0.15) is 8.42 Å². The van der Waals surface area contributed by atoms with Gasteiger partial charge in [0.05, 0.1) is 65.2 Å². The van der Waals surface area contributed by atoms with Crippen LogP contribution in [0.5, 0.6) is 5.75 Å². The molecule has 97 heavy (non-hydrogen) atoms. The number of likely N-dealkylation sites (tertiary alicyclic amines) is 2. The number of phenols is 1. The third kappa shape index (κ3) is 15.6. The molecule has 3 aromatic heterocycles. The lowest BCUT2D eigenvalue weighted by atomic mass is 9.91. The minimum atomic E-state index is -3.82. The van der Waals surface area contributed by atoms with Gasteiger partial charge in [0, 0.05) is 54.5 Å². The number of benzene rings is 4. The van der Waals surface area contributed by atoms with E-state index in [1.165, 1.54) is 24.3 Å².